The molecule has 0 bridgehead atoms. The van der Waals surface area contributed by atoms with E-state index in [1.807, 2.05) is 0 Å². The zero-order valence-corrected chi connectivity index (χ0v) is 20.1. The predicted octanol–water partition coefficient (Wildman–Crippen LogP) is 3.52. The van der Waals surface area contributed by atoms with E-state index in [0.717, 1.165) is 33.7 Å². The highest BCUT2D eigenvalue weighted by molar-refractivity contribution is 7.92. The Kier molecular flexibility index (Phi) is 6.22. The van der Waals surface area contributed by atoms with Crippen LogP contribution in [0, 0.1) is 0 Å². The standard InChI is InChI=1S/C20H15F6N3O6S2/c1-2-36(31,32)18-16(27-15-7-12(5-6-28(15)18)35-10-19(21,22)23)29-9-11-3-4-13(8-14(11)17(29)30)37(33,34)20(24,25)26/h3-8H,2,9-10H2,1H3. The third-order valence-electron chi connectivity index (χ3n) is 5.37. The summed E-state index contributed by atoms with van der Waals surface area (Å²) in [5.41, 5.74) is -6.10. The fourth-order valence-electron chi connectivity index (χ4n) is 3.60. The third-order valence-corrected chi connectivity index (χ3v) is 8.58. The number of pyridine rings is 1. The second-order valence-corrected chi connectivity index (χ2v) is 11.9. The van der Waals surface area contributed by atoms with Crippen LogP contribution < -0.4 is 9.64 Å². The van der Waals surface area contributed by atoms with E-state index < -0.39 is 70.9 Å². The minimum absolute atomic E-state index is 0.109. The highest BCUT2D eigenvalue weighted by atomic mass is 32.2. The first-order valence-corrected chi connectivity index (χ1v) is 13.3. The molecule has 0 saturated carbocycles. The van der Waals surface area contributed by atoms with Crippen LogP contribution in [0.1, 0.15) is 22.8 Å². The van der Waals surface area contributed by atoms with Crippen molar-refractivity contribution in [2.75, 3.05) is 17.3 Å². The lowest BCUT2D eigenvalue weighted by Gasteiger charge is -2.14. The van der Waals surface area contributed by atoms with Crippen LogP contribution in [0.25, 0.3) is 5.65 Å². The summed E-state index contributed by atoms with van der Waals surface area (Å²) < 4.78 is 131. The SMILES string of the molecule is CCS(=O)(=O)c1c(N2Cc3ccc(S(=O)(=O)C(F)(F)F)cc3C2=O)nc2cc(OCC(F)(F)F)ccn12. The van der Waals surface area contributed by atoms with E-state index in [1.165, 1.54) is 6.92 Å². The first-order valence-electron chi connectivity index (χ1n) is 10.2. The van der Waals surface area contributed by atoms with Gasteiger partial charge in [-0.25, -0.2) is 21.8 Å². The smallest absolute Gasteiger partial charge is 0.484 e. The molecule has 0 spiro atoms. The molecule has 200 valence electrons. The lowest BCUT2D eigenvalue weighted by molar-refractivity contribution is -0.153. The van der Waals surface area contributed by atoms with Crippen molar-refractivity contribution < 1.29 is 52.7 Å². The van der Waals surface area contributed by atoms with Gasteiger partial charge in [-0.15, -0.1) is 0 Å². The van der Waals surface area contributed by atoms with Crippen molar-refractivity contribution in [3.05, 3.63) is 47.7 Å². The Hall–Kier alpha value is -3.34. The molecule has 1 amide bonds. The van der Waals surface area contributed by atoms with Gasteiger partial charge in [0.25, 0.3) is 15.7 Å². The van der Waals surface area contributed by atoms with E-state index in [-0.39, 0.29) is 23.5 Å². The second kappa shape index (κ2) is 8.61. The van der Waals surface area contributed by atoms with Gasteiger partial charge >= 0.3 is 11.7 Å². The van der Waals surface area contributed by atoms with Gasteiger partial charge in [0, 0.05) is 17.8 Å². The minimum Gasteiger partial charge on any atom is -0.484 e. The highest BCUT2D eigenvalue weighted by Gasteiger charge is 2.47. The summed E-state index contributed by atoms with van der Waals surface area (Å²) >= 11 is 0. The number of imidazole rings is 1. The van der Waals surface area contributed by atoms with Crippen LogP contribution in [0.5, 0.6) is 5.75 Å². The summed E-state index contributed by atoms with van der Waals surface area (Å²) in [5, 5.41) is -0.489. The first kappa shape index (κ1) is 26.7. The van der Waals surface area contributed by atoms with E-state index in [1.54, 1.807) is 0 Å². The highest BCUT2D eigenvalue weighted by Crippen LogP contribution is 2.37. The summed E-state index contributed by atoms with van der Waals surface area (Å²) in [4.78, 5) is 16.9. The number of hydrogen-bond donors (Lipinski definition) is 0. The Balaban J connectivity index is 1.81. The molecule has 0 fully saturated rings. The number of benzene rings is 1. The van der Waals surface area contributed by atoms with Gasteiger partial charge in [-0.1, -0.05) is 13.0 Å². The molecular formula is C20H15F6N3O6S2. The lowest BCUT2D eigenvalue weighted by Crippen LogP contribution is -2.26. The van der Waals surface area contributed by atoms with Crippen molar-refractivity contribution in [2.24, 2.45) is 0 Å². The van der Waals surface area contributed by atoms with E-state index >= 15 is 0 Å². The van der Waals surface area contributed by atoms with E-state index in [2.05, 4.69) is 9.72 Å². The molecule has 0 saturated heterocycles. The molecule has 9 nitrogen and oxygen atoms in total. The van der Waals surface area contributed by atoms with Crippen LogP contribution in [-0.4, -0.2) is 56.2 Å². The van der Waals surface area contributed by atoms with Gasteiger partial charge in [-0.2, -0.15) is 26.3 Å². The second-order valence-electron chi connectivity index (χ2n) is 7.80. The van der Waals surface area contributed by atoms with Crippen LogP contribution in [-0.2, 0) is 26.2 Å². The van der Waals surface area contributed by atoms with E-state index in [9.17, 15) is 48.0 Å². The number of alkyl halides is 6. The van der Waals surface area contributed by atoms with Crippen LogP contribution in [0.4, 0.5) is 32.2 Å². The Bertz CT molecular complexity index is 1630. The Morgan fingerprint density at radius 1 is 1.03 bits per heavy atom. The molecule has 4 rings (SSSR count). The van der Waals surface area contributed by atoms with Crippen molar-refractivity contribution in [1.29, 1.82) is 0 Å². The number of aromatic nitrogens is 2. The molecule has 3 heterocycles. The number of hydrogen-bond acceptors (Lipinski definition) is 7. The average Bonchev–Trinajstić information content (AvgIpc) is 3.34. The number of sulfone groups is 2. The summed E-state index contributed by atoms with van der Waals surface area (Å²) in [7, 11) is -9.88. The number of halogens is 6. The predicted molar refractivity (Wildman–Crippen MR) is 115 cm³/mol. The maximum atomic E-state index is 13.1. The molecule has 17 heteroatoms. The van der Waals surface area contributed by atoms with Crippen LogP contribution in [0.15, 0.2) is 46.5 Å². The fourth-order valence-corrected chi connectivity index (χ4v) is 5.55. The molecule has 1 aliphatic heterocycles. The van der Waals surface area contributed by atoms with Crippen molar-refractivity contribution in [3.8, 4) is 5.75 Å². The molecule has 37 heavy (non-hydrogen) atoms. The summed E-state index contributed by atoms with van der Waals surface area (Å²) in [6.45, 7) is -0.678. The zero-order chi connectivity index (χ0) is 27.6. The molecule has 3 aromatic rings. The van der Waals surface area contributed by atoms with Gasteiger partial charge in [0.05, 0.1) is 17.2 Å². The van der Waals surface area contributed by atoms with Gasteiger partial charge in [0.1, 0.15) is 11.4 Å². The number of nitrogens with zero attached hydrogens (tertiary/aromatic N) is 3. The number of anilines is 1. The summed E-state index contributed by atoms with van der Waals surface area (Å²) in [6, 6.07) is 4.31. The summed E-state index contributed by atoms with van der Waals surface area (Å²) in [5.74, 6) is -2.20. The Labute approximate surface area is 205 Å². The average molecular weight is 571 g/mol. The van der Waals surface area contributed by atoms with Crippen LogP contribution >= 0.6 is 0 Å². The number of carbonyl (C=O) groups is 1. The number of rotatable bonds is 6. The number of ether oxygens (including phenoxy) is 1. The number of fused-ring (bicyclic) bond motifs is 2. The fraction of sp³-hybridized carbons (Fsp3) is 0.300. The molecule has 0 radical (unpaired) electrons. The number of carbonyl (C=O) groups excluding carboxylic acids is 1. The molecule has 0 aliphatic carbocycles. The molecule has 1 aromatic carbocycles. The van der Waals surface area contributed by atoms with Gasteiger partial charge < -0.3 is 4.74 Å². The summed E-state index contributed by atoms with van der Waals surface area (Å²) in [6.07, 6.45) is -3.56. The molecule has 1 aliphatic rings. The first-order chi connectivity index (χ1) is 17.0. The molecular weight excluding hydrogens is 556 g/mol. The van der Waals surface area contributed by atoms with Crippen molar-refractivity contribution in [3.63, 3.8) is 0 Å². The van der Waals surface area contributed by atoms with Crippen molar-refractivity contribution in [2.45, 2.75) is 35.1 Å². The van der Waals surface area contributed by atoms with Crippen LogP contribution in [0.3, 0.4) is 0 Å². The third kappa shape index (κ3) is 4.72. The lowest BCUT2D eigenvalue weighted by atomic mass is 10.1. The van der Waals surface area contributed by atoms with Crippen molar-refractivity contribution in [1.82, 2.24) is 9.38 Å². The molecule has 2 aromatic heterocycles. The van der Waals surface area contributed by atoms with Gasteiger partial charge in [-0.3, -0.25) is 14.1 Å². The maximum absolute atomic E-state index is 13.1. The number of amides is 1. The van der Waals surface area contributed by atoms with Gasteiger partial charge in [0.15, 0.2) is 27.3 Å². The molecule has 0 atom stereocenters. The maximum Gasteiger partial charge on any atom is 0.501 e. The Morgan fingerprint density at radius 3 is 2.30 bits per heavy atom. The topological polar surface area (TPSA) is 115 Å². The van der Waals surface area contributed by atoms with Crippen LogP contribution in [0.2, 0.25) is 0 Å². The Morgan fingerprint density at radius 2 is 1.70 bits per heavy atom. The largest absolute Gasteiger partial charge is 0.501 e. The quantitative estimate of drug-likeness (QED) is 0.416. The van der Waals surface area contributed by atoms with E-state index in [4.69, 9.17) is 0 Å². The van der Waals surface area contributed by atoms with Crippen molar-refractivity contribution >= 4 is 37.0 Å². The van der Waals surface area contributed by atoms with Gasteiger partial charge in [-0.05, 0) is 23.8 Å². The minimum atomic E-state index is -5.76. The normalized spacial score (nSPS) is 14.9. The van der Waals surface area contributed by atoms with E-state index in [0.29, 0.717) is 12.1 Å². The molecule has 0 N–H and O–H groups in total. The monoisotopic (exact) mass is 571 g/mol. The van der Waals surface area contributed by atoms with Gasteiger partial charge in [0.2, 0.25) is 0 Å². The zero-order valence-electron chi connectivity index (χ0n) is 18.5. The molecule has 0 unspecified atom stereocenters.